The van der Waals surface area contributed by atoms with Crippen molar-refractivity contribution >= 4 is 27.8 Å². The predicted molar refractivity (Wildman–Crippen MR) is 66.7 cm³/mol. The quantitative estimate of drug-likeness (QED) is 0.819. The van der Waals surface area contributed by atoms with Crippen LogP contribution >= 0.6 is 15.9 Å². The third-order valence-corrected chi connectivity index (χ3v) is 3.71. The van der Waals surface area contributed by atoms with Crippen LogP contribution in [0, 0.1) is 0 Å². The van der Waals surface area contributed by atoms with Gasteiger partial charge in [0, 0.05) is 38.4 Å². The Balaban J connectivity index is 1.61. The van der Waals surface area contributed by atoms with Gasteiger partial charge in [0.1, 0.15) is 0 Å². The first kappa shape index (κ1) is 11.0. The van der Waals surface area contributed by atoms with Gasteiger partial charge in [0.15, 0.2) is 0 Å². The molecule has 0 atom stereocenters. The van der Waals surface area contributed by atoms with Crippen molar-refractivity contribution in [3.8, 4) is 0 Å². The molecule has 0 spiro atoms. The summed E-state index contributed by atoms with van der Waals surface area (Å²) in [6, 6.07) is 0.359. The Morgan fingerprint density at radius 2 is 2.00 bits per heavy atom. The van der Waals surface area contributed by atoms with E-state index in [9.17, 15) is 4.79 Å². The molecule has 0 aliphatic carbocycles. The molecule has 2 aliphatic rings. The molecule has 1 aromatic heterocycles. The lowest BCUT2D eigenvalue weighted by atomic mass is 10.1. The van der Waals surface area contributed by atoms with Crippen molar-refractivity contribution in [3.63, 3.8) is 0 Å². The summed E-state index contributed by atoms with van der Waals surface area (Å²) in [5.41, 5.74) is 0. The third kappa shape index (κ3) is 2.01. The van der Waals surface area contributed by atoms with E-state index in [4.69, 9.17) is 0 Å². The van der Waals surface area contributed by atoms with Gasteiger partial charge in [0.25, 0.3) is 0 Å². The van der Waals surface area contributed by atoms with Crippen LogP contribution in [0.1, 0.15) is 12.8 Å². The van der Waals surface area contributed by atoms with Crippen LogP contribution in [0.15, 0.2) is 16.9 Å². The summed E-state index contributed by atoms with van der Waals surface area (Å²) in [4.78, 5) is 24.2. The number of hydrogen-bond acceptors (Lipinski definition) is 4. The second kappa shape index (κ2) is 4.25. The molecule has 0 radical (unpaired) electrons. The van der Waals surface area contributed by atoms with Crippen molar-refractivity contribution in [2.24, 2.45) is 0 Å². The maximum atomic E-state index is 11.6. The molecular weight excluding hydrogens is 284 g/mol. The smallest absolute Gasteiger partial charge is 0.225 e. The van der Waals surface area contributed by atoms with Crippen molar-refractivity contribution in [2.75, 3.05) is 24.5 Å². The third-order valence-electron chi connectivity index (χ3n) is 3.30. The number of amides is 1. The average molecular weight is 297 g/mol. The molecule has 1 aromatic rings. The highest BCUT2D eigenvalue weighted by atomic mass is 79.9. The zero-order valence-corrected chi connectivity index (χ0v) is 10.9. The summed E-state index contributed by atoms with van der Waals surface area (Å²) in [7, 11) is 0. The highest BCUT2D eigenvalue weighted by Gasteiger charge is 2.37. The van der Waals surface area contributed by atoms with E-state index in [2.05, 4.69) is 30.8 Å². The number of carbonyl (C=O) groups excluding carboxylic acids is 1. The normalized spacial score (nSPS) is 20.9. The topological polar surface area (TPSA) is 49.3 Å². The Bertz CT molecular complexity index is 430. The average Bonchev–Trinajstić information content (AvgIpc) is 2.66. The Morgan fingerprint density at radius 3 is 2.59 bits per heavy atom. The van der Waals surface area contributed by atoms with Crippen molar-refractivity contribution in [3.05, 3.63) is 16.9 Å². The van der Waals surface area contributed by atoms with Gasteiger partial charge in [-0.3, -0.25) is 4.79 Å². The minimum Gasteiger partial charge on any atom is -0.337 e. The number of anilines is 1. The molecule has 0 bridgehead atoms. The van der Waals surface area contributed by atoms with E-state index in [0.29, 0.717) is 18.4 Å². The molecule has 2 saturated heterocycles. The van der Waals surface area contributed by atoms with Crippen molar-refractivity contribution in [1.29, 1.82) is 0 Å². The number of rotatable bonds is 2. The summed E-state index contributed by atoms with van der Waals surface area (Å²) in [6.45, 7) is 2.62. The zero-order valence-electron chi connectivity index (χ0n) is 9.34. The fraction of sp³-hybridized carbons (Fsp3) is 0.545. The molecule has 0 unspecified atom stereocenters. The van der Waals surface area contributed by atoms with Gasteiger partial charge in [0.2, 0.25) is 11.9 Å². The van der Waals surface area contributed by atoms with Gasteiger partial charge in [-0.15, -0.1) is 0 Å². The zero-order chi connectivity index (χ0) is 11.8. The fourth-order valence-corrected chi connectivity index (χ4v) is 2.54. The van der Waals surface area contributed by atoms with Gasteiger partial charge < -0.3 is 9.80 Å². The number of likely N-dealkylation sites (tertiary alicyclic amines) is 1. The maximum Gasteiger partial charge on any atom is 0.225 e. The van der Waals surface area contributed by atoms with Crippen LogP contribution in [-0.4, -0.2) is 46.5 Å². The number of nitrogens with zero attached hydrogens (tertiary/aromatic N) is 4. The number of hydrogen-bond donors (Lipinski definition) is 0. The van der Waals surface area contributed by atoms with Gasteiger partial charge >= 0.3 is 0 Å². The molecule has 6 heteroatoms. The van der Waals surface area contributed by atoms with E-state index in [1.54, 1.807) is 12.4 Å². The summed E-state index contributed by atoms with van der Waals surface area (Å²) in [5.74, 6) is 1.04. The number of aromatic nitrogens is 2. The molecule has 0 aromatic carbocycles. The minimum atomic E-state index is 0.298. The van der Waals surface area contributed by atoms with Crippen LogP contribution in [0.2, 0.25) is 0 Å². The van der Waals surface area contributed by atoms with Gasteiger partial charge in [-0.05, 0) is 22.4 Å². The molecule has 2 aliphatic heterocycles. The summed E-state index contributed by atoms with van der Waals surface area (Å²) < 4.78 is 0.882. The first-order chi connectivity index (χ1) is 8.24. The Kier molecular flexibility index (Phi) is 2.74. The molecule has 1 amide bonds. The van der Waals surface area contributed by atoms with E-state index in [1.165, 1.54) is 0 Å². The lowest BCUT2D eigenvalue weighted by Gasteiger charge is -2.43. The van der Waals surface area contributed by atoms with Gasteiger partial charge in [-0.1, -0.05) is 0 Å². The van der Waals surface area contributed by atoms with Crippen LogP contribution in [0.5, 0.6) is 0 Å². The van der Waals surface area contributed by atoms with Crippen LogP contribution in [0.3, 0.4) is 0 Å². The molecule has 3 heterocycles. The van der Waals surface area contributed by atoms with E-state index in [1.807, 2.05) is 4.90 Å². The van der Waals surface area contributed by atoms with E-state index >= 15 is 0 Å². The van der Waals surface area contributed by atoms with Crippen LogP contribution in [-0.2, 0) is 4.79 Å². The first-order valence-corrected chi connectivity index (χ1v) is 6.55. The molecule has 17 heavy (non-hydrogen) atoms. The Hall–Kier alpha value is -1.17. The Morgan fingerprint density at radius 1 is 1.29 bits per heavy atom. The fourth-order valence-electron chi connectivity index (χ4n) is 2.34. The summed E-state index contributed by atoms with van der Waals surface area (Å²) in [6.07, 6.45) is 5.21. The monoisotopic (exact) mass is 296 g/mol. The van der Waals surface area contributed by atoms with Gasteiger partial charge in [0.05, 0.1) is 10.5 Å². The first-order valence-electron chi connectivity index (χ1n) is 5.76. The molecule has 90 valence electrons. The standard InChI is InChI=1S/C11H13BrN4O/c12-8-4-13-11(14-5-8)15-6-9(7-15)16-3-1-2-10(16)17/h4-5,9H,1-3,6-7H2. The highest BCUT2D eigenvalue weighted by molar-refractivity contribution is 9.10. The molecule has 5 nitrogen and oxygen atoms in total. The SMILES string of the molecule is O=C1CCCN1C1CN(c2ncc(Br)cn2)C1. The summed E-state index contributed by atoms with van der Waals surface area (Å²) in [5, 5.41) is 0. The molecular formula is C11H13BrN4O. The molecule has 0 N–H and O–H groups in total. The second-order valence-electron chi connectivity index (χ2n) is 4.45. The van der Waals surface area contributed by atoms with Crippen molar-refractivity contribution in [2.45, 2.75) is 18.9 Å². The van der Waals surface area contributed by atoms with Crippen molar-refractivity contribution < 1.29 is 4.79 Å². The maximum absolute atomic E-state index is 11.6. The lowest BCUT2D eigenvalue weighted by Crippen LogP contribution is -2.60. The van der Waals surface area contributed by atoms with Gasteiger partial charge in [-0.2, -0.15) is 0 Å². The highest BCUT2D eigenvalue weighted by Crippen LogP contribution is 2.24. The van der Waals surface area contributed by atoms with E-state index in [-0.39, 0.29) is 0 Å². The van der Waals surface area contributed by atoms with E-state index in [0.717, 1.165) is 36.5 Å². The number of carbonyl (C=O) groups is 1. The largest absolute Gasteiger partial charge is 0.337 e. The summed E-state index contributed by atoms with van der Waals surface area (Å²) >= 11 is 3.31. The van der Waals surface area contributed by atoms with Crippen LogP contribution < -0.4 is 4.90 Å². The van der Waals surface area contributed by atoms with E-state index < -0.39 is 0 Å². The molecule has 0 saturated carbocycles. The minimum absolute atomic E-state index is 0.298. The van der Waals surface area contributed by atoms with Crippen LogP contribution in [0.25, 0.3) is 0 Å². The molecule has 2 fully saturated rings. The van der Waals surface area contributed by atoms with Gasteiger partial charge in [-0.25, -0.2) is 9.97 Å². The lowest BCUT2D eigenvalue weighted by molar-refractivity contribution is -0.130. The second-order valence-corrected chi connectivity index (χ2v) is 5.37. The molecule has 3 rings (SSSR count). The predicted octanol–water partition coefficient (Wildman–Crippen LogP) is 1.05. The Labute approximate surface area is 108 Å². The van der Waals surface area contributed by atoms with Crippen LogP contribution in [0.4, 0.5) is 5.95 Å². The van der Waals surface area contributed by atoms with Crippen molar-refractivity contribution in [1.82, 2.24) is 14.9 Å². The number of halogens is 1.